The van der Waals surface area contributed by atoms with Crippen molar-refractivity contribution in [2.45, 2.75) is 37.0 Å². The average molecular weight is 361 g/mol. The van der Waals surface area contributed by atoms with Gasteiger partial charge in [0.15, 0.2) is 4.93 Å². The molecular formula is C24H24OS. The highest BCUT2D eigenvalue weighted by Crippen LogP contribution is 2.69. The lowest BCUT2D eigenvalue weighted by Gasteiger charge is -2.58. The Morgan fingerprint density at radius 3 is 1.81 bits per heavy atom. The van der Waals surface area contributed by atoms with Crippen LogP contribution >= 0.6 is 11.8 Å². The summed E-state index contributed by atoms with van der Waals surface area (Å²) in [5, 5.41) is 0. The molecule has 1 nitrogen and oxygen atoms in total. The van der Waals surface area contributed by atoms with Gasteiger partial charge in [-0.1, -0.05) is 72.4 Å². The number of hydrogen-bond acceptors (Lipinski definition) is 2. The molecule has 0 aromatic heterocycles. The highest BCUT2D eigenvalue weighted by molar-refractivity contribution is 8.10. The summed E-state index contributed by atoms with van der Waals surface area (Å²) in [5.41, 5.74) is 2.53. The van der Waals surface area contributed by atoms with Crippen molar-refractivity contribution in [3.05, 3.63) is 71.8 Å². The van der Waals surface area contributed by atoms with Crippen LogP contribution in [0.2, 0.25) is 0 Å². The minimum atomic E-state index is -0.0101. The van der Waals surface area contributed by atoms with Crippen molar-refractivity contribution in [3.63, 3.8) is 0 Å². The van der Waals surface area contributed by atoms with Gasteiger partial charge in [-0.25, -0.2) is 0 Å². The van der Waals surface area contributed by atoms with E-state index in [-0.39, 0.29) is 4.93 Å². The fourth-order valence-corrected chi connectivity index (χ4v) is 7.83. The van der Waals surface area contributed by atoms with Crippen molar-refractivity contribution < 1.29 is 4.74 Å². The molecule has 7 rings (SSSR count). The highest BCUT2D eigenvalue weighted by atomic mass is 32.2. The van der Waals surface area contributed by atoms with E-state index in [1.807, 2.05) is 0 Å². The van der Waals surface area contributed by atoms with Crippen molar-refractivity contribution in [2.24, 2.45) is 23.7 Å². The predicted octanol–water partition coefficient (Wildman–Crippen LogP) is 6.43. The summed E-state index contributed by atoms with van der Waals surface area (Å²) in [4.78, 5) is 1.34. The van der Waals surface area contributed by atoms with E-state index in [9.17, 15) is 0 Å². The molecule has 0 unspecified atom stereocenters. The van der Waals surface area contributed by atoms with Crippen LogP contribution in [0.15, 0.2) is 60.7 Å². The van der Waals surface area contributed by atoms with Crippen LogP contribution in [0, 0.1) is 23.7 Å². The van der Waals surface area contributed by atoms with Gasteiger partial charge in [0.1, 0.15) is 5.76 Å². The first-order chi connectivity index (χ1) is 12.8. The molecule has 26 heavy (non-hydrogen) atoms. The summed E-state index contributed by atoms with van der Waals surface area (Å²) in [6.07, 6.45) is 7.00. The molecule has 0 saturated heterocycles. The quantitative estimate of drug-likeness (QED) is 0.610. The van der Waals surface area contributed by atoms with Crippen molar-refractivity contribution in [1.29, 1.82) is 0 Å². The van der Waals surface area contributed by atoms with E-state index in [0.717, 1.165) is 29.4 Å². The second-order valence-electron chi connectivity index (χ2n) is 8.62. The monoisotopic (exact) mass is 360 g/mol. The maximum Gasteiger partial charge on any atom is 0.164 e. The van der Waals surface area contributed by atoms with E-state index in [0.29, 0.717) is 0 Å². The summed E-state index contributed by atoms with van der Waals surface area (Å²) in [7, 11) is 0. The van der Waals surface area contributed by atoms with Gasteiger partial charge in [-0.15, -0.1) is 0 Å². The van der Waals surface area contributed by atoms with Gasteiger partial charge in [0.05, 0.1) is 4.91 Å². The van der Waals surface area contributed by atoms with Crippen LogP contribution in [-0.4, -0.2) is 4.93 Å². The van der Waals surface area contributed by atoms with E-state index in [2.05, 4.69) is 72.4 Å². The van der Waals surface area contributed by atoms with Crippen LogP contribution in [0.3, 0.4) is 0 Å². The zero-order chi connectivity index (χ0) is 17.1. The summed E-state index contributed by atoms with van der Waals surface area (Å²) in [6, 6.07) is 21.6. The molecule has 1 aliphatic heterocycles. The Morgan fingerprint density at radius 1 is 0.692 bits per heavy atom. The molecule has 2 aromatic carbocycles. The van der Waals surface area contributed by atoms with Gasteiger partial charge in [-0.05, 0) is 49.5 Å². The minimum Gasteiger partial charge on any atom is -0.474 e. The molecule has 1 heterocycles. The van der Waals surface area contributed by atoms with Gasteiger partial charge in [-0.2, -0.15) is 0 Å². The number of rotatable bonds is 2. The van der Waals surface area contributed by atoms with E-state index in [1.54, 1.807) is 0 Å². The fraction of sp³-hybridized carbons (Fsp3) is 0.417. The third-order valence-electron chi connectivity index (χ3n) is 7.08. The molecule has 0 atom stereocenters. The molecule has 2 aromatic rings. The number of thioether (sulfide) groups is 1. The Bertz CT molecular complexity index is 773. The Hall–Kier alpha value is -1.67. The fourth-order valence-electron chi connectivity index (χ4n) is 6.17. The first-order valence-corrected chi connectivity index (χ1v) is 10.9. The SMILES string of the molecule is c1ccc(C2=C(c3ccccc3)SC3(O2)C2CC4CC(C2)CC3C4)cc1. The summed E-state index contributed by atoms with van der Waals surface area (Å²) < 4.78 is 7.02. The third-order valence-corrected chi connectivity index (χ3v) is 8.77. The smallest absolute Gasteiger partial charge is 0.164 e. The molecule has 4 aliphatic carbocycles. The molecule has 2 heteroatoms. The molecule has 4 fully saturated rings. The maximum atomic E-state index is 7.02. The van der Waals surface area contributed by atoms with Gasteiger partial charge in [0.25, 0.3) is 0 Å². The van der Waals surface area contributed by atoms with Crippen molar-refractivity contribution in [3.8, 4) is 0 Å². The van der Waals surface area contributed by atoms with Crippen LogP contribution in [0.25, 0.3) is 10.7 Å². The van der Waals surface area contributed by atoms with Crippen LogP contribution < -0.4 is 0 Å². The Balaban J connectivity index is 1.46. The Kier molecular flexibility index (Phi) is 3.35. The lowest BCUT2D eigenvalue weighted by atomic mass is 9.54. The summed E-state index contributed by atoms with van der Waals surface area (Å²) >= 11 is 2.06. The molecule has 0 radical (unpaired) electrons. The molecule has 4 bridgehead atoms. The molecule has 0 amide bonds. The minimum absolute atomic E-state index is 0.0101. The van der Waals surface area contributed by atoms with E-state index in [1.165, 1.54) is 48.1 Å². The second-order valence-corrected chi connectivity index (χ2v) is 9.87. The maximum absolute atomic E-state index is 7.02. The first-order valence-electron chi connectivity index (χ1n) is 10.0. The van der Waals surface area contributed by atoms with Gasteiger partial charge in [-0.3, -0.25) is 0 Å². The van der Waals surface area contributed by atoms with Gasteiger partial charge < -0.3 is 4.74 Å². The third kappa shape index (κ3) is 2.18. The zero-order valence-corrected chi connectivity index (χ0v) is 15.8. The molecule has 1 spiro atoms. The predicted molar refractivity (Wildman–Crippen MR) is 108 cm³/mol. The molecule has 132 valence electrons. The normalized spacial score (nSPS) is 37.4. The number of benzene rings is 2. The van der Waals surface area contributed by atoms with Gasteiger partial charge in [0.2, 0.25) is 0 Å². The zero-order valence-electron chi connectivity index (χ0n) is 14.9. The summed E-state index contributed by atoms with van der Waals surface area (Å²) in [6.45, 7) is 0. The second kappa shape index (κ2) is 5.66. The average Bonchev–Trinajstić information content (AvgIpc) is 3.09. The van der Waals surface area contributed by atoms with Crippen molar-refractivity contribution >= 4 is 22.4 Å². The van der Waals surface area contributed by atoms with Crippen LogP contribution in [-0.2, 0) is 4.74 Å². The van der Waals surface area contributed by atoms with Crippen molar-refractivity contribution in [2.75, 3.05) is 0 Å². The van der Waals surface area contributed by atoms with E-state index < -0.39 is 0 Å². The lowest BCUT2D eigenvalue weighted by Crippen LogP contribution is -2.55. The van der Waals surface area contributed by atoms with Gasteiger partial charge >= 0.3 is 0 Å². The van der Waals surface area contributed by atoms with Crippen LogP contribution in [0.1, 0.15) is 43.2 Å². The topological polar surface area (TPSA) is 9.23 Å². The Morgan fingerprint density at radius 2 is 1.23 bits per heavy atom. The van der Waals surface area contributed by atoms with E-state index >= 15 is 0 Å². The first kappa shape index (κ1) is 15.4. The number of hydrogen-bond donors (Lipinski definition) is 0. The van der Waals surface area contributed by atoms with Crippen LogP contribution in [0.5, 0.6) is 0 Å². The highest BCUT2D eigenvalue weighted by Gasteiger charge is 2.62. The Labute approximate surface area is 159 Å². The molecule has 5 aliphatic rings. The van der Waals surface area contributed by atoms with Gasteiger partial charge in [0, 0.05) is 17.4 Å². The van der Waals surface area contributed by atoms with E-state index in [4.69, 9.17) is 4.74 Å². The van der Waals surface area contributed by atoms with Crippen LogP contribution in [0.4, 0.5) is 0 Å². The number of ether oxygens (including phenoxy) is 1. The summed E-state index contributed by atoms with van der Waals surface area (Å²) in [5.74, 6) is 4.50. The molecule has 4 saturated carbocycles. The standard InChI is InChI=1S/C24H24OS/c1-3-7-18(8-4-1)22-23(19-9-5-2-6-10-19)26-24(25-22)20-12-16-11-17(14-20)15-21(24)13-16/h1-10,16-17,20-21H,11-15H2. The molecule has 0 N–H and O–H groups in total. The largest absolute Gasteiger partial charge is 0.474 e. The lowest BCUT2D eigenvalue weighted by molar-refractivity contribution is -0.110. The van der Waals surface area contributed by atoms with Crippen molar-refractivity contribution in [1.82, 2.24) is 0 Å². The molecular weight excluding hydrogens is 336 g/mol.